The van der Waals surface area contributed by atoms with E-state index in [9.17, 15) is 0 Å². The van der Waals surface area contributed by atoms with Crippen molar-refractivity contribution in [2.45, 2.75) is 13.1 Å². The Hall–Kier alpha value is -3.33. The van der Waals surface area contributed by atoms with Crippen LogP contribution >= 0.6 is 0 Å². The molecule has 0 aliphatic rings. The Morgan fingerprint density at radius 3 is 2.07 bits per heavy atom. The molecule has 1 aromatic heterocycles. The van der Waals surface area contributed by atoms with E-state index in [1.807, 2.05) is 12.3 Å². The van der Waals surface area contributed by atoms with Crippen LogP contribution in [0.5, 0.6) is 0 Å². The Morgan fingerprint density at radius 2 is 1.37 bits per heavy atom. The number of nitrogens with zero attached hydrogens (tertiary/aromatic N) is 3. The van der Waals surface area contributed by atoms with Crippen LogP contribution in [0, 0.1) is 0 Å². The number of para-hydroxylation sites is 1. The van der Waals surface area contributed by atoms with Crippen molar-refractivity contribution >= 4 is 5.69 Å². The van der Waals surface area contributed by atoms with Gasteiger partial charge in [-0.25, -0.2) is 4.98 Å². The zero-order valence-corrected chi connectivity index (χ0v) is 15.3. The molecular formula is C24H23N3. The highest BCUT2D eigenvalue weighted by molar-refractivity contribution is 5.55. The maximum atomic E-state index is 4.57. The lowest BCUT2D eigenvalue weighted by Crippen LogP contribution is -2.27. The molecule has 134 valence electrons. The van der Waals surface area contributed by atoms with Crippen LogP contribution in [0.1, 0.15) is 5.56 Å². The van der Waals surface area contributed by atoms with Gasteiger partial charge in [-0.2, -0.15) is 0 Å². The van der Waals surface area contributed by atoms with Gasteiger partial charge in [-0.3, -0.25) is 0 Å². The summed E-state index contributed by atoms with van der Waals surface area (Å²) in [6, 6.07) is 31.6. The van der Waals surface area contributed by atoms with Crippen molar-refractivity contribution in [1.29, 1.82) is 0 Å². The molecule has 3 nitrogen and oxygen atoms in total. The van der Waals surface area contributed by atoms with E-state index in [4.69, 9.17) is 0 Å². The molecule has 0 aliphatic heterocycles. The van der Waals surface area contributed by atoms with E-state index in [-0.39, 0.29) is 0 Å². The topological polar surface area (TPSA) is 21.1 Å². The summed E-state index contributed by atoms with van der Waals surface area (Å²) in [4.78, 5) is 6.99. The van der Waals surface area contributed by atoms with Gasteiger partial charge in [0.25, 0.3) is 0 Å². The van der Waals surface area contributed by atoms with Crippen molar-refractivity contribution in [1.82, 2.24) is 9.55 Å². The molecule has 27 heavy (non-hydrogen) atoms. The molecule has 0 unspecified atom stereocenters. The van der Waals surface area contributed by atoms with Crippen LogP contribution in [0.15, 0.2) is 103 Å². The van der Waals surface area contributed by atoms with Gasteiger partial charge in [-0.1, -0.05) is 78.9 Å². The van der Waals surface area contributed by atoms with Crippen LogP contribution in [0.3, 0.4) is 0 Å². The summed E-state index contributed by atoms with van der Waals surface area (Å²) in [5.74, 6) is 1.02. The number of hydrogen-bond donors (Lipinski definition) is 0. The van der Waals surface area contributed by atoms with Gasteiger partial charge < -0.3 is 9.47 Å². The molecule has 1 heterocycles. The molecule has 3 heteroatoms. The minimum Gasteiger partial charge on any atom is -0.365 e. The molecule has 0 spiro atoms. The van der Waals surface area contributed by atoms with Gasteiger partial charge in [-0.15, -0.1) is 0 Å². The van der Waals surface area contributed by atoms with Crippen molar-refractivity contribution in [2.75, 3.05) is 11.4 Å². The lowest BCUT2D eigenvalue weighted by atomic mass is 10.2. The smallest absolute Gasteiger partial charge is 0.139 e. The summed E-state index contributed by atoms with van der Waals surface area (Å²) in [7, 11) is 0. The summed E-state index contributed by atoms with van der Waals surface area (Å²) in [6.45, 7) is 2.68. The number of anilines is 1. The van der Waals surface area contributed by atoms with Gasteiger partial charge in [0.2, 0.25) is 0 Å². The fourth-order valence-corrected chi connectivity index (χ4v) is 3.31. The van der Waals surface area contributed by atoms with Crippen LogP contribution in [-0.2, 0) is 13.1 Å². The standard InChI is InChI=1S/C24H23N3/c1-4-10-21(11-5-1)20-27(23-14-8-3-9-15-23)19-18-26-17-16-25-24(26)22-12-6-2-7-13-22/h1-17H,18-20H2. The molecular weight excluding hydrogens is 330 g/mol. The molecule has 0 bridgehead atoms. The normalized spacial score (nSPS) is 10.7. The molecule has 0 amide bonds. The molecule has 0 radical (unpaired) electrons. The third-order valence-corrected chi connectivity index (χ3v) is 4.70. The molecule has 0 N–H and O–H groups in total. The average molecular weight is 353 g/mol. The largest absolute Gasteiger partial charge is 0.365 e. The predicted molar refractivity (Wildman–Crippen MR) is 112 cm³/mol. The van der Waals surface area contributed by atoms with Crippen LogP contribution in [0.2, 0.25) is 0 Å². The molecule has 0 aliphatic carbocycles. The van der Waals surface area contributed by atoms with Crippen molar-refractivity contribution in [2.24, 2.45) is 0 Å². The first-order chi connectivity index (χ1) is 13.4. The van der Waals surface area contributed by atoms with Crippen LogP contribution < -0.4 is 4.90 Å². The van der Waals surface area contributed by atoms with Gasteiger partial charge in [0.05, 0.1) is 0 Å². The first kappa shape index (κ1) is 17.1. The first-order valence-electron chi connectivity index (χ1n) is 9.30. The van der Waals surface area contributed by atoms with Crippen LogP contribution in [0.25, 0.3) is 11.4 Å². The second-order valence-electron chi connectivity index (χ2n) is 6.55. The third kappa shape index (κ3) is 4.26. The van der Waals surface area contributed by atoms with E-state index in [0.29, 0.717) is 0 Å². The van der Waals surface area contributed by atoms with Crippen molar-refractivity contribution < 1.29 is 0 Å². The van der Waals surface area contributed by atoms with E-state index in [1.165, 1.54) is 11.3 Å². The van der Waals surface area contributed by atoms with E-state index >= 15 is 0 Å². The Labute approximate surface area is 160 Å². The second kappa shape index (κ2) is 8.37. The Bertz CT molecular complexity index is 947. The highest BCUT2D eigenvalue weighted by atomic mass is 15.2. The fourth-order valence-electron chi connectivity index (χ4n) is 3.31. The van der Waals surface area contributed by atoms with Crippen molar-refractivity contribution in [3.05, 3.63) is 109 Å². The summed E-state index contributed by atoms with van der Waals surface area (Å²) in [5, 5.41) is 0. The predicted octanol–water partition coefficient (Wildman–Crippen LogP) is 5.26. The quantitative estimate of drug-likeness (QED) is 0.452. The minimum absolute atomic E-state index is 0.881. The van der Waals surface area contributed by atoms with E-state index < -0.39 is 0 Å². The van der Waals surface area contributed by atoms with E-state index in [2.05, 4.69) is 106 Å². The molecule has 4 rings (SSSR count). The van der Waals surface area contributed by atoms with Gasteiger partial charge >= 0.3 is 0 Å². The maximum Gasteiger partial charge on any atom is 0.139 e. The summed E-state index contributed by atoms with van der Waals surface area (Å²) in [5.41, 5.74) is 3.70. The zero-order valence-electron chi connectivity index (χ0n) is 15.3. The van der Waals surface area contributed by atoms with Crippen LogP contribution in [-0.4, -0.2) is 16.1 Å². The lowest BCUT2D eigenvalue weighted by molar-refractivity contribution is 0.659. The fraction of sp³-hybridized carbons (Fsp3) is 0.125. The summed E-state index contributed by atoms with van der Waals surface area (Å²) in [6.07, 6.45) is 3.94. The molecule has 0 atom stereocenters. The average Bonchev–Trinajstić information content (AvgIpc) is 3.22. The summed E-state index contributed by atoms with van der Waals surface area (Å²) < 4.78 is 2.23. The number of rotatable bonds is 7. The second-order valence-corrected chi connectivity index (χ2v) is 6.55. The van der Waals surface area contributed by atoms with Gasteiger partial charge in [0, 0.05) is 43.3 Å². The van der Waals surface area contributed by atoms with Crippen molar-refractivity contribution in [3.8, 4) is 11.4 Å². The molecule has 0 saturated carbocycles. The highest BCUT2D eigenvalue weighted by Crippen LogP contribution is 2.19. The molecule has 3 aromatic carbocycles. The highest BCUT2D eigenvalue weighted by Gasteiger charge is 2.10. The van der Waals surface area contributed by atoms with Gasteiger partial charge in [0.15, 0.2) is 0 Å². The van der Waals surface area contributed by atoms with Crippen LogP contribution in [0.4, 0.5) is 5.69 Å². The molecule has 0 saturated heterocycles. The van der Waals surface area contributed by atoms with E-state index in [0.717, 1.165) is 31.0 Å². The minimum atomic E-state index is 0.881. The first-order valence-corrected chi connectivity index (χ1v) is 9.30. The Kier molecular flexibility index (Phi) is 5.30. The molecule has 4 aromatic rings. The lowest BCUT2D eigenvalue weighted by Gasteiger charge is -2.25. The number of imidazole rings is 1. The Balaban J connectivity index is 1.54. The number of aromatic nitrogens is 2. The van der Waals surface area contributed by atoms with E-state index in [1.54, 1.807) is 0 Å². The number of hydrogen-bond acceptors (Lipinski definition) is 2. The van der Waals surface area contributed by atoms with Gasteiger partial charge in [0.1, 0.15) is 5.82 Å². The Morgan fingerprint density at radius 1 is 0.741 bits per heavy atom. The number of benzene rings is 3. The maximum absolute atomic E-state index is 4.57. The zero-order chi connectivity index (χ0) is 18.3. The molecule has 0 fully saturated rings. The third-order valence-electron chi connectivity index (χ3n) is 4.70. The van der Waals surface area contributed by atoms with Crippen molar-refractivity contribution in [3.63, 3.8) is 0 Å². The van der Waals surface area contributed by atoms with Gasteiger partial charge in [-0.05, 0) is 17.7 Å². The monoisotopic (exact) mass is 353 g/mol. The summed E-state index contributed by atoms with van der Waals surface area (Å²) >= 11 is 0. The SMILES string of the molecule is c1ccc(CN(CCn2ccnc2-c2ccccc2)c2ccccc2)cc1.